The monoisotopic (exact) mass is 426 g/mol. The Morgan fingerprint density at radius 1 is 1.20 bits per heavy atom. The molecule has 1 amide bonds. The zero-order valence-electron chi connectivity index (χ0n) is 15.7. The van der Waals surface area contributed by atoms with Gasteiger partial charge in [0.25, 0.3) is 5.91 Å². The first-order valence-electron chi connectivity index (χ1n) is 9.11. The van der Waals surface area contributed by atoms with E-state index in [1.165, 1.54) is 30.6 Å². The molecule has 2 heterocycles. The predicted molar refractivity (Wildman–Crippen MR) is 95.3 cm³/mol. The molecular weight excluding hydrogens is 408 g/mol. The minimum absolute atomic E-state index is 0.0552. The molecule has 7 nitrogen and oxygen atoms in total. The number of ether oxygens (including phenoxy) is 1. The predicted octanol–water partition coefficient (Wildman–Crippen LogP) is 2.60. The summed E-state index contributed by atoms with van der Waals surface area (Å²) in [5.74, 6) is -4.59. The van der Waals surface area contributed by atoms with E-state index in [4.69, 9.17) is 0 Å². The number of amides is 1. The van der Waals surface area contributed by atoms with Gasteiger partial charge < -0.3 is 10.1 Å². The van der Waals surface area contributed by atoms with Crippen molar-refractivity contribution in [3.63, 3.8) is 0 Å². The summed E-state index contributed by atoms with van der Waals surface area (Å²) < 4.78 is 54.5. The van der Waals surface area contributed by atoms with E-state index in [-0.39, 0.29) is 42.1 Å². The van der Waals surface area contributed by atoms with Crippen LogP contribution in [-0.2, 0) is 17.8 Å². The zero-order valence-corrected chi connectivity index (χ0v) is 15.7. The molecule has 11 heteroatoms. The fourth-order valence-corrected chi connectivity index (χ4v) is 2.42. The number of hydrogen-bond donors (Lipinski definition) is 1. The number of rotatable bonds is 10. The summed E-state index contributed by atoms with van der Waals surface area (Å²) in [5.41, 5.74) is 0.625. The van der Waals surface area contributed by atoms with E-state index in [2.05, 4.69) is 25.0 Å². The third-order valence-electron chi connectivity index (χ3n) is 4.29. The number of hydrogen-bond acceptors (Lipinski definition) is 6. The number of carbonyl (C=O) groups is 2. The molecule has 0 spiro atoms. The molecule has 0 bridgehead atoms. The molecule has 30 heavy (non-hydrogen) atoms. The average molecular weight is 426 g/mol. The van der Waals surface area contributed by atoms with Gasteiger partial charge in [-0.2, -0.15) is 8.78 Å². The number of halogens is 4. The number of pyridine rings is 1. The molecule has 1 saturated carbocycles. The lowest BCUT2D eigenvalue weighted by Crippen LogP contribution is -2.33. The molecule has 1 aliphatic rings. The molecule has 160 valence electrons. The van der Waals surface area contributed by atoms with Crippen LogP contribution in [0.3, 0.4) is 0 Å². The lowest BCUT2D eigenvalue weighted by molar-refractivity contribution is -0.148. The molecule has 1 aliphatic carbocycles. The van der Waals surface area contributed by atoms with Crippen LogP contribution in [0.5, 0.6) is 5.88 Å². The molecule has 2 aromatic rings. The number of nitrogens with one attached hydrogen (secondary N) is 1. The zero-order chi connectivity index (χ0) is 21.7. The van der Waals surface area contributed by atoms with E-state index in [1.54, 1.807) is 0 Å². The van der Waals surface area contributed by atoms with E-state index < -0.39 is 24.9 Å². The second-order valence-electron chi connectivity index (χ2n) is 6.81. The summed E-state index contributed by atoms with van der Waals surface area (Å²) >= 11 is 0. The quantitative estimate of drug-likeness (QED) is 0.587. The van der Waals surface area contributed by atoms with Gasteiger partial charge in [-0.1, -0.05) is 6.07 Å². The lowest BCUT2D eigenvalue weighted by Gasteiger charge is -2.15. The summed E-state index contributed by atoms with van der Waals surface area (Å²) in [6.07, 6.45) is 0.677. The molecule has 0 unspecified atom stereocenters. The number of carbonyl (C=O) groups excluding carboxylic acids is 2. The van der Waals surface area contributed by atoms with E-state index in [1.807, 2.05) is 0 Å². The molecule has 1 fully saturated rings. The van der Waals surface area contributed by atoms with Crippen LogP contribution in [0.1, 0.15) is 34.7 Å². The summed E-state index contributed by atoms with van der Waals surface area (Å²) in [5, 5.41) is 2.61. The largest absolute Gasteiger partial charge is 0.471 e. The van der Waals surface area contributed by atoms with Crippen LogP contribution in [0.25, 0.3) is 0 Å². The van der Waals surface area contributed by atoms with E-state index in [0.29, 0.717) is 5.56 Å². The second-order valence-corrected chi connectivity index (χ2v) is 6.81. The van der Waals surface area contributed by atoms with Crippen LogP contribution in [0.2, 0.25) is 0 Å². The SMILES string of the molecule is O=C(NCc1ccc(OCC(F)(F)C(F)F)nc1)c1ccnc(CC(=O)C2CC2)n1. The Bertz CT molecular complexity index is 905. The van der Waals surface area contributed by atoms with Gasteiger partial charge >= 0.3 is 12.3 Å². The Morgan fingerprint density at radius 3 is 2.60 bits per heavy atom. The Labute approximate surface area is 168 Å². The third kappa shape index (κ3) is 5.94. The number of nitrogens with zero attached hydrogens (tertiary/aromatic N) is 3. The molecule has 0 aliphatic heterocycles. The molecule has 0 atom stereocenters. The van der Waals surface area contributed by atoms with Gasteiger partial charge in [-0.05, 0) is 24.5 Å². The molecule has 2 aromatic heterocycles. The topological polar surface area (TPSA) is 94.1 Å². The van der Waals surface area contributed by atoms with E-state index >= 15 is 0 Å². The van der Waals surface area contributed by atoms with Crippen molar-refractivity contribution in [1.82, 2.24) is 20.3 Å². The van der Waals surface area contributed by atoms with E-state index in [0.717, 1.165) is 12.8 Å². The maximum atomic E-state index is 12.8. The van der Waals surface area contributed by atoms with Crippen LogP contribution >= 0.6 is 0 Å². The fourth-order valence-electron chi connectivity index (χ4n) is 2.42. The van der Waals surface area contributed by atoms with Gasteiger partial charge in [-0.25, -0.2) is 23.7 Å². The van der Waals surface area contributed by atoms with Gasteiger partial charge in [0.15, 0.2) is 6.61 Å². The molecular formula is C19H18F4N4O3. The van der Waals surface area contributed by atoms with Gasteiger partial charge in [0.2, 0.25) is 5.88 Å². The maximum Gasteiger partial charge on any atom is 0.340 e. The first-order chi connectivity index (χ1) is 14.2. The maximum absolute atomic E-state index is 12.8. The first kappa shape index (κ1) is 21.6. The van der Waals surface area contributed by atoms with Crippen molar-refractivity contribution in [2.45, 2.75) is 38.2 Å². The summed E-state index contributed by atoms with van der Waals surface area (Å²) in [7, 11) is 0. The van der Waals surface area contributed by atoms with E-state index in [9.17, 15) is 27.2 Å². The van der Waals surface area contributed by atoms with Crippen molar-refractivity contribution in [2.24, 2.45) is 5.92 Å². The molecule has 1 N–H and O–H groups in total. The van der Waals surface area contributed by atoms with Crippen molar-refractivity contribution in [1.29, 1.82) is 0 Å². The third-order valence-corrected chi connectivity index (χ3v) is 4.29. The number of alkyl halides is 4. The smallest absolute Gasteiger partial charge is 0.340 e. The van der Waals surface area contributed by atoms with Crippen molar-refractivity contribution in [2.75, 3.05) is 6.61 Å². The summed E-state index contributed by atoms with van der Waals surface area (Å²) in [6, 6.07) is 4.09. The summed E-state index contributed by atoms with van der Waals surface area (Å²) in [6.45, 7) is -1.44. The number of ketones is 1. The Balaban J connectivity index is 1.50. The summed E-state index contributed by atoms with van der Waals surface area (Å²) in [4.78, 5) is 36.0. The van der Waals surface area contributed by atoms with Crippen molar-refractivity contribution < 1.29 is 31.9 Å². The molecule has 0 aromatic carbocycles. The van der Waals surface area contributed by atoms with Gasteiger partial charge in [0.1, 0.15) is 17.3 Å². The normalized spacial score (nSPS) is 13.9. The van der Waals surface area contributed by atoms with Crippen LogP contribution in [0, 0.1) is 5.92 Å². The van der Waals surface area contributed by atoms with Crippen molar-refractivity contribution >= 4 is 11.7 Å². The lowest BCUT2D eigenvalue weighted by atomic mass is 10.2. The second kappa shape index (κ2) is 9.14. The first-order valence-corrected chi connectivity index (χ1v) is 9.11. The van der Waals surface area contributed by atoms with Crippen LogP contribution in [-0.4, -0.2) is 45.6 Å². The minimum Gasteiger partial charge on any atom is -0.471 e. The molecule has 3 rings (SSSR count). The Hall–Kier alpha value is -3.11. The van der Waals surface area contributed by atoms with Crippen LogP contribution in [0.15, 0.2) is 30.6 Å². The molecule has 0 radical (unpaired) electrons. The van der Waals surface area contributed by atoms with Crippen molar-refractivity contribution in [3.8, 4) is 5.88 Å². The standard InChI is InChI=1S/C19H18F4N4O3/c20-18(21)19(22,23)10-30-16-4-1-11(8-25-16)9-26-17(29)13-5-6-24-15(27-13)7-14(28)12-2-3-12/h1,4-6,8,12,18H,2-3,7,9-10H2,(H,26,29). The van der Waals surface area contributed by atoms with Gasteiger partial charge in [0.05, 0.1) is 6.42 Å². The van der Waals surface area contributed by atoms with Crippen molar-refractivity contribution in [3.05, 3.63) is 47.7 Å². The highest BCUT2D eigenvalue weighted by Crippen LogP contribution is 2.30. The van der Waals surface area contributed by atoms with Gasteiger partial charge in [0, 0.05) is 30.9 Å². The van der Waals surface area contributed by atoms with Crippen LogP contribution in [0.4, 0.5) is 17.6 Å². The number of Topliss-reactive ketones (excluding diaryl/α,β-unsaturated/α-hetero) is 1. The number of aromatic nitrogens is 3. The highest BCUT2D eigenvalue weighted by atomic mass is 19.3. The average Bonchev–Trinajstić information content (AvgIpc) is 3.57. The van der Waals surface area contributed by atoms with Gasteiger partial charge in [-0.15, -0.1) is 0 Å². The Kier molecular flexibility index (Phi) is 6.58. The highest BCUT2D eigenvalue weighted by molar-refractivity contribution is 5.92. The fraction of sp³-hybridized carbons (Fsp3) is 0.421. The minimum atomic E-state index is -4.27. The highest BCUT2D eigenvalue weighted by Gasteiger charge is 2.41. The van der Waals surface area contributed by atoms with Gasteiger partial charge in [-0.3, -0.25) is 9.59 Å². The van der Waals surface area contributed by atoms with Crippen LogP contribution < -0.4 is 10.1 Å². The molecule has 0 saturated heterocycles. The Morgan fingerprint density at radius 2 is 1.97 bits per heavy atom.